The smallest absolute Gasteiger partial charge is 0.371 e. The summed E-state index contributed by atoms with van der Waals surface area (Å²) in [4.78, 5) is 10.6. The third kappa shape index (κ3) is 2.55. The maximum Gasteiger partial charge on any atom is 0.371 e. The quantitative estimate of drug-likeness (QED) is 0.825. The van der Waals surface area contributed by atoms with Crippen molar-refractivity contribution in [2.45, 2.75) is 24.0 Å². The summed E-state index contributed by atoms with van der Waals surface area (Å²) in [5.41, 5.74) is -0.686. The zero-order chi connectivity index (χ0) is 13.4. The van der Waals surface area contributed by atoms with Gasteiger partial charge in [-0.3, -0.25) is 0 Å². The molecule has 1 aliphatic heterocycles. The Kier molecular flexibility index (Phi) is 3.18. The van der Waals surface area contributed by atoms with Crippen molar-refractivity contribution in [3.8, 4) is 0 Å². The molecule has 0 bridgehead atoms. The maximum absolute atomic E-state index is 12.0. The molecule has 1 aromatic rings. The average Bonchev–Trinajstić information content (AvgIpc) is 2.85. The van der Waals surface area contributed by atoms with Gasteiger partial charge in [-0.15, -0.1) is 0 Å². The lowest BCUT2D eigenvalue weighted by molar-refractivity contribution is 0.0656. The number of furan rings is 1. The van der Waals surface area contributed by atoms with Gasteiger partial charge in [-0.2, -0.15) is 0 Å². The van der Waals surface area contributed by atoms with Crippen molar-refractivity contribution in [2.24, 2.45) is 0 Å². The molecule has 1 atom stereocenters. The second-order valence-electron chi connectivity index (χ2n) is 4.39. The van der Waals surface area contributed by atoms with Gasteiger partial charge in [-0.05, 0) is 25.5 Å². The van der Waals surface area contributed by atoms with E-state index < -0.39 is 32.4 Å². The van der Waals surface area contributed by atoms with E-state index in [0.717, 1.165) is 12.1 Å². The first kappa shape index (κ1) is 13.1. The molecule has 0 aliphatic carbocycles. The number of sulfonamides is 1. The zero-order valence-corrected chi connectivity index (χ0v) is 10.5. The van der Waals surface area contributed by atoms with Crippen LogP contribution in [-0.4, -0.2) is 38.2 Å². The van der Waals surface area contributed by atoms with Gasteiger partial charge in [0.2, 0.25) is 10.9 Å². The summed E-state index contributed by atoms with van der Waals surface area (Å²) in [6.07, 6.45) is 0.554. The molecule has 0 radical (unpaired) electrons. The first-order chi connectivity index (χ1) is 8.32. The number of aromatic carboxylic acids is 1. The molecule has 7 nitrogen and oxygen atoms in total. The molecule has 2 heterocycles. The molecule has 1 aliphatic rings. The molecule has 0 amide bonds. The van der Waals surface area contributed by atoms with Crippen LogP contribution in [0.25, 0.3) is 0 Å². The summed E-state index contributed by atoms with van der Waals surface area (Å²) in [6, 6.07) is 2.22. The average molecular weight is 275 g/mol. The Balaban J connectivity index is 2.22. The van der Waals surface area contributed by atoms with E-state index in [2.05, 4.69) is 4.72 Å². The zero-order valence-electron chi connectivity index (χ0n) is 9.67. The van der Waals surface area contributed by atoms with Crippen LogP contribution in [-0.2, 0) is 14.8 Å². The summed E-state index contributed by atoms with van der Waals surface area (Å²) in [5.74, 6) is -1.73. The lowest BCUT2D eigenvalue weighted by atomic mass is 10.0. The second kappa shape index (κ2) is 4.38. The molecule has 1 saturated heterocycles. The van der Waals surface area contributed by atoms with Crippen molar-refractivity contribution in [2.75, 3.05) is 13.2 Å². The molecule has 2 rings (SSSR count). The summed E-state index contributed by atoms with van der Waals surface area (Å²) in [5, 5.41) is 8.26. The van der Waals surface area contributed by atoms with Gasteiger partial charge in [0.1, 0.15) is 0 Å². The fourth-order valence-corrected chi connectivity index (χ4v) is 3.06. The monoisotopic (exact) mass is 275 g/mol. The maximum atomic E-state index is 12.0. The van der Waals surface area contributed by atoms with Crippen LogP contribution in [0.15, 0.2) is 21.6 Å². The first-order valence-electron chi connectivity index (χ1n) is 5.27. The van der Waals surface area contributed by atoms with Crippen LogP contribution in [0.2, 0.25) is 0 Å². The third-order valence-corrected chi connectivity index (χ3v) is 4.17. The van der Waals surface area contributed by atoms with E-state index in [1.165, 1.54) is 0 Å². The molecule has 8 heteroatoms. The van der Waals surface area contributed by atoms with Gasteiger partial charge in [-0.1, -0.05) is 0 Å². The van der Waals surface area contributed by atoms with Gasteiger partial charge < -0.3 is 14.3 Å². The Morgan fingerprint density at radius 3 is 2.72 bits per heavy atom. The molecular formula is C10H13NO6S. The number of hydrogen-bond donors (Lipinski definition) is 2. The lowest BCUT2D eigenvalue weighted by Gasteiger charge is -2.22. The van der Waals surface area contributed by atoms with Crippen LogP contribution in [0.4, 0.5) is 0 Å². The van der Waals surface area contributed by atoms with Crippen molar-refractivity contribution in [3.05, 3.63) is 17.9 Å². The molecule has 1 aromatic heterocycles. The summed E-state index contributed by atoms with van der Waals surface area (Å²) >= 11 is 0. The normalized spacial score (nSPS) is 24.3. The Hall–Kier alpha value is -1.38. The number of carbonyl (C=O) groups is 1. The van der Waals surface area contributed by atoms with Crippen LogP contribution < -0.4 is 4.72 Å². The number of nitrogens with one attached hydrogen (secondary N) is 1. The SMILES string of the molecule is CC1(NS(=O)(=O)c2ccc(C(=O)O)o2)CCOC1. The van der Waals surface area contributed by atoms with E-state index in [0.29, 0.717) is 13.0 Å². The van der Waals surface area contributed by atoms with Crippen LogP contribution in [0.1, 0.15) is 23.9 Å². The molecule has 0 saturated carbocycles. The Bertz CT molecular complexity index is 555. The van der Waals surface area contributed by atoms with Crippen molar-refractivity contribution in [1.82, 2.24) is 4.72 Å². The highest BCUT2D eigenvalue weighted by atomic mass is 32.2. The van der Waals surface area contributed by atoms with Gasteiger partial charge >= 0.3 is 5.97 Å². The minimum Gasteiger partial charge on any atom is -0.475 e. The fourth-order valence-electron chi connectivity index (χ4n) is 1.70. The van der Waals surface area contributed by atoms with Gasteiger partial charge in [0, 0.05) is 6.61 Å². The van der Waals surface area contributed by atoms with E-state index in [1.54, 1.807) is 6.92 Å². The number of hydrogen-bond acceptors (Lipinski definition) is 5. The Morgan fingerprint density at radius 1 is 1.50 bits per heavy atom. The standard InChI is InChI=1S/C10H13NO6S/c1-10(4-5-16-6-10)11-18(14,15)8-3-2-7(17-8)9(12)13/h2-3,11H,4-6H2,1H3,(H,12,13). The van der Waals surface area contributed by atoms with Crippen LogP contribution in [0, 0.1) is 0 Å². The molecular weight excluding hydrogens is 262 g/mol. The highest BCUT2D eigenvalue weighted by Gasteiger charge is 2.36. The highest BCUT2D eigenvalue weighted by Crippen LogP contribution is 2.22. The van der Waals surface area contributed by atoms with Crippen LogP contribution in [0.5, 0.6) is 0 Å². The molecule has 1 fully saturated rings. The molecule has 1 unspecified atom stereocenters. The minimum atomic E-state index is -3.87. The van der Waals surface area contributed by atoms with Crippen molar-refractivity contribution in [3.63, 3.8) is 0 Å². The summed E-state index contributed by atoms with van der Waals surface area (Å²) in [6.45, 7) is 2.48. The Morgan fingerprint density at radius 2 is 2.22 bits per heavy atom. The largest absolute Gasteiger partial charge is 0.475 e. The van der Waals surface area contributed by atoms with Crippen molar-refractivity contribution in [1.29, 1.82) is 0 Å². The molecule has 18 heavy (non-hydrogen) atoms. The second-order valence-corrected chi connectivity index (χ2v) is 6.01. The predicted octanol–water partition coefficient (Wildman–Crippen LogP) is 0.435. The van der Waals surface area contributed by atoms with E-state index in [4.69, 9.17) is 14.3 Å². The van der Waals surface area contributed by atoms with Gasteiger partial charge in [-0.25, -0.2) is 17.9 Å². The van der Waals surface area contributed by atoms with Gasteiger partial charge in [0.25, 0.3) is 10.0 Å². The van der Waals surface area contributed by atoms with Crippen LogP contribution >= 0.6 is 0 Å². The first-order valence-corrected chi connectivity index (χ1v) is 6.76. The van der Waals surface area contributed by atoms with Gasteiger partial charge in [0.15, 0.2) is 0 Å². The molecule has 2 N–H and O–H groups in total. The van der Waals surface area contributed by atoms with Crippen molar-refractivity contribution < 1.29 is 27.5 Å². The lowest BCUT2D eigenvalue weighted by Crippen LogP contribution is -2.46. The molecule has 0 spiro atoms. The van der Waals surface area contributed by atoms with E-state index in [9.17, 15) is 13.2 Å². The molecule has 100 valence electrons. The topological polar surface area (TPSA) is 106 Å². The number of ether oxygens (including phenoxy) is 1. The number of rotatable bonds is 4. The van der Waals surface area contributed by atoms with Gasteiger partial charge in [0.05, 0.1) is 12.1 Å². The Labute approximate surface area is 104 Å². The van der Waals surface area contributed by atoms with E-state index >= 15 is 0 Å². The fraction of sp³-hybridized carbons (Fsp3) is 0.500. The molecule has 0 aromatic carbocycles. The summed E-state index contributed by atoms with van der Waals surface area (Å²) < 4.78 is 36.3. The van der Waals surface area contributed by atoms with E-state index in [1.807, 2.05) is 0 Å². The van der Waals surface area contributed by atoms with Crippen LogP contribution in [0.3, 0.4) is 0 Å². The van der Waals surface area contributed by atoms with Crippen molar-refractivity contribution >= 4 is 16.0 Å². The minimum absolute atomic E-state index is 0.277. The third-order valence-electron chi connectivity index (χ3n) is 2.66. The predicted molar refractivity (Wildman–Crippen MR) is 59.8 cm³/mol. The highest BCUT2D eigenvalue weighted by molar-refractivity contribution is 7.89. The van der Waals surface area contributed by atoms with E-state index in [-0.39, 0.29) is 6.61 Å². The number of carboxylic acid groups (broad SMARTS) is 1. The number of carboxylic acids is 1. The summed E-state index contributed by atoms with van der Waals surface area (Å²) in [7, 11) is -3.87.